The number of halogens is 1. The van der Waals surface area contributed by atoms with Gasteiger partial charge in [-0.25, -0.2) is 0 Å². The van der Waals surface area contributed by atoms with Gasteiger partial charge in [-0.1, -0.05) is 139 Å². The van der Waals surface area contributed by atoms with Crippen molar-refractivity contribution in [1.29, 1.82) is 0 Å². The van der Waals surface area contributed by atoms with Crippen LogP contribution < -0.4 is 0 Å². The number of rotatable bonds is 50. The average Bonchev–Trinajstić information content (AvgIpc) is 3.17. The van der Waals surface area contributed by atoms with Crippen molar-refractivity contribution in [2.45, 2.75) is 135 Å². The molecule has 0 aliphatic carbocycles. The van der Waals surface area contributed by atoms with E-state index in [1.807, 2.05) is 0 Å². The van der Waals surface area contributed by atoms with Crippen LogP contribution in [-0.2, 0) is 47.4 Å². The van der Waals surface area contributed by atoms with Crippen LogP contribution in [0.5, 0.6) is 0 Å². The monoisotopic (exact) mass is 877 g/mol. The molecule has 0 spiro atoms. The van der Waals surface area contributed by atoms with Crippen LogP contribution in [0.4, 0.5) is 0 Å². The fourth-order valence-electron chi connectivity index (χ4n) is 5.49. The highest BCUT2D eigenvalue weighted by atomic mass is 127. The minimum Gasteiger partial charge on any atom is -0.379 e. The number of ether oxygens (including phenoxy) is 10. The maximum absolute atomic E-state index is 5.70. The van der Waals surface area contributed by atoms with Gasteiger partial charge in [0.15, 0.2) is 0 Å². The first-order valence-electron chi connectivity index (χ1n) is 21.7. The Hall–Kier alpha value is 0.330. The van der Waals surface area contributed by atoms with Gasteiger partial charge in [-0.15, -0.1) is 0 Å². The number of alkyl halides is 1. The number of hydrogen-bond acceptors (Lipinski definition) is 10. The highest BCUT2D eigenvalue weighted by Crippen LogP contribution is 2.13. The Morgan fingerprint density at radius 2 is 0.377 bits per heavy atom. The van der Waals surface area contributed by atoms with E-state index < -0.39 is 0 Å². The van der Waals surface area contributed by atoms with Crippen molar-refractivity contribution in [1.82, 2.24) is 0 Å². The van der Waals surface area contributed by atoms with E-state index in [0.717, 1.165) is 26.1 Å². The highest BCUT2D eigenvalue weighted by Gasteiger charge is 1.98. The fourth-order valence-corrected chi connectivity index (χ4v) is 6.03. The van der Waals surface area contributed by atoms with Gasteiger partial charge in [0.05, 0.1) is 119 Å². The first-order chi connectivity index (χ1) is 26.4. The quantitative estimate of drug-likeness (QED) is 0.0335. The van der Waals surface area contributed by atoms with Gasteiger partial charge < -0.3 is 47.4 Å². The second-order valence-corrected chi connectivity index (χ2v) is 14.6. The summed E-state index contributed by atoms with van der Waals surface area (Å²) in [5.41, 5.74) is 0. The third-order valence-electron chi connectivity index (χ3n) is 8.66. The lowest BCUT2D eigenvalue weighted by Crippen LogP contribution is -2.15. The third-order valence-corrected chi connectivity index (χ3v) is 9.43. The van der Waals surface area contributed by atoms with E-state index >= 15 is 0 Å². The van der Waals surface area contributed by atoms with Crippen molar-refractivity contribution in [2.24, 2.45) is 0 Å². The van der Waals surface area contributed by atoms with Crippen molar-refractivity contribution in [3.8, 4) is 0 Å². The molecule has 0 aliphatic heterocycles. The van der Waals surface area contributed by atoms with Crippen molar-refractivity contribution >= 4 is 22.6 Å². The summed E-state index contributed by atoms with van der Waals surface area (Å²) in [6, 6.07) is 0. The molecule has 0 saturated carbocycles. The van der Waals surface area contributed by atoms with Gasteiger partial charge in [0, 0.05) is 13.2 Å². The summed E-state index contributed by atoms with van der Waals surface area (Å²) in [5.74, 6) is 0. The Balaban J connectivity index is 3.05. The molecule has 0 aromatic heterocycles. The Morgan fingerprint density at radius 1 is 0.208 bits per heavy atom. The van der Waals surface area contributed by atoms with Crippen LogP contribution in [0.1, 0.15) is 135 Å². The first-order valence-corrected chi connectivity index (χ1v) is 23.3. The molecule has 10 nitrogen and oxygen atoms in total. The summed E-state index contributed by atoms with van der Waals surface area (Å²) in [4.78, 5) is 0. The van der Waals surface area contributed by atoms with Crippen molar-refractivity contribution < 1.29 is 47.4 Å². The third kappa shape index (κ3) is 52.3. The molecule has 0 N–H and O–H groups in total. The van der Waals surface area contributed by atoms with Crippen LogP contribution in [-0.4, -0.2) is 137 Å². The van der Waals surface area contributed by atoms with E-state index in [-0.39, 0.29) is 0 Å². The van der Waals surface area contributed by atoms with Crippen LogP contribution in [0.25, 0.3) is 0 Å². The number of unbranched alkanes of at least 4 members (excludes halogenated alkanes) is 18. The Labute approximate surface area is 340 Å². The second-order valence-electron chi connectivity index (χ2n) is 13.5. The zero-order valence-corrected chi connectivity index (χ0v) is 36.6. The first kappa shape index (κ1) is 53.3. The van der Waals surface area contributed by atoms with Crippen LogP contribution >= 0.6 is 22.6 Å². The molecule has 0 heterocycles. The van der Waals surface area contributed by atoms with Crippen molar-refractivity contribution in [2.75, 3.05) is 137 Å². The minimum absolute atomic E-state index is 0.535. The molecule has 0 amide bonds. The van der Waals surface area contributed by atoms with Gasteiger partial charge in [0.1, 0.15) is 0 Å². The molecular weight excluding hydrogens is 791 g/mol. The Morgan fingerprint density at radius 3 is 0.585 bits per heavy atom. The maximum Gasteiger partial charge on any atom is 0.0701 e. The molecular formula is C42H85IO10. The second kappa shape index (κ2) is 52.3. The van der Waals surface area contributed by atoms with Crippen molar-refractivity contribution in [3.05, 3.63) is 0 Å². The summed E-state index contributed by atoms with van der Waals surface area (Å²) < 4.78 is 56.8. The fraction of sp³-hybridized carbons (Fsp3) is 1.00. The van der Waals surface area contributed by atoms with E-state index in [1.54, 1.807) is 0 Å². The van der Waals surface area contributed by atoms with Gasteiger partial charge in [0.2, 0.25) is 0 Å². The normalized spacial score (nSPS) is 11.7. The van der Waals surface area contributed by atoms with E-state index in [4.69, 9.17) is 47.4 Å². The van der Waals surface area contributed by atoms with E-state index in [9.17, 15) is 0 Å². The molecule has 0 unspecified atom stereocenters. The zero-order chi connectivity index (χ0) is 38.1. The molecule has 53 heavy (non-hydrogen) atoms. The van der Waals surface area contributed by atoms with Gasteiger partial charge in [-0.3, -0.25) is 0 Å². The predicted octanol–water partition coefficient (Wildman–Crippen LogP) is 9.41. The van der Waals surface area contributed by atoms with Gasteiger partial charge >= 0.3 is 0 Å². The minimum atomic E-state index is 0.535. The van der Waals surface area contributed by atoms with Gasteiger partial charge in [0.25, 0.3) is 0 Å². The lowest BCUT2D eigenvalue weighted by molar-refractivity contribution is -0.0264. The summed E-state index contributed by atoms with van der Waals surface area (Å²) in [7, 11) is 0. The Kier molecular flexibility index (Phi) is 52.7. The van der Waals surface area contributed by atoms with E-state index in [0.29, 0.717) is 119 Å². The highest BCUT2D eigenvalue weighted by molar-refractivity contribution is 14.1. The molecule has 0 atom stereocenters. The molecule has 0 fully saturated rings. The lowest BCUT2D eigenvalue weighted by Gasteiger charge is -2.09. The molecule has 0 saturated heterocycles. The largest absolute Gasteiger partial charge is 0.379 e. The maximum atomic E-state index is 5.70. The standard InChI is InChI=1S/C42H85IO10/c1-2-3-4-5-6-7-8-9-10-11-12-13-14-15-17-20-23-44-25-27-46-29-31-48-33-35-50-37-39-52-41-42-53-40-38-51-36-34-49-32-30-47-28-26-45-24-21-18-16-19-22-43/h2-42H2,1H3. The van der Waals surface area contributed by atoms with Gasteiger partial charge in [-0.2, -0.15) is 0 Å². The summed E-state index contributed by atoms with van der Waals surface area (Å²) in [6.07, 6.45) is 27.2. The number of hydrogen-bond donors (Lipinski definition) is 0. The molecule has 0 radical (unpaired) electrons. The van der Waals surface area contributed by atoms with Crippen LogP contribution in [0, 0.1) is 0 Å². The summed E-state index contributed by atoms with van der Waals surface area (Å²) in [6.45, 7) is 14.2. The topological polar surface area (TPSA) is 92.3 Å². The SMILES string of the molecule is CCCCCCCCCCCCCCCCCCOCCOCCOCCOCCOCCOCCOCCOCCOCCOCCCCCCI. The molecule has 0 rings (SSSR count). The lowest BCUT2D eigenvalue weighted by atomic mass is 10.0. The molecule has 11 heteroatoms. The average molecular weight is 877 g/mol. The molecule has 0 aromatic carbocycles. The smallest absolute Gasteiger partial charge is 0.0701 e. The van der Waals surface area contributed by atoms with Crippen LogP contribution in [0.15, 0.2) is 0 Å². The summed E-state index contributed by atoms with van der Waals surface area (Å²) in [5, 5.41) is 0. The molecule has 0 aliphatic rings. The zero-order valence-electron chi connectivity index (χ0n) is 34.5. The van der Waals surface area contributed by atoms with E-state index in [1.165, 1.54) is 120 Å². The molecule has 320 valence electrons. The molecule has 0 bridgehead atoms. The summed E-state index contributed by atoms with van der Waals surface area (Å²) >= 11 is 2.43. The van der Waals surface area contributed by atoms with Crippen LogP contribution in [0.2, 0.25) is 0 Å². The van der Waals surface area contributed by atoms with Crippen molar-refractivity contribution in [3.63, 3.8) is 0 Å². The van der Waals surface area contributed by atoms with Gasteiger partial charge in [-0.05, 0) is 23.7 Å². The predicted molar refractivity (Wildman–Crippen MR) is 225 cm³/mol. The van der Waals surface area contributed by atoms with Crippen LogP contribution in [0.3, 0.4) is 0 Å². The van der Waals surface area contributed by atoms with E-state index in [2.05, 4.69) is 29.5 Å². The molecule has 0 aromatic rings. The Bertz CT molecular complexity index is 572.